The van der Waals surface area contributed by atoms with Gasteiger partial charge in [0.25, 0.3) is 0 Å². The predicted octanol–water partition coefficient (Wildman–Crippen LogP) is 3.15. The maximum atomic E-state index is 10.7. The highest BCUT2D eigenvalue weighted by atomic mass is 32.2. The molecule has 0 saturated carbocycles. The first kappa shape index (κ1) is 14.6. The van der Waals surface area contributed by atoms with Crippen LogP contribution in [-0.2, 0) is 14.4 Å². The Labute approximate surface area is 122 Å². The quantitative estimate of drug-likeness (QED) is 0.629. The highest BCUT2D eigenvalue weighted by Crippen LogP contribution is 2.27. The summed E-state index contributed by atoms with van der Waals surface area (Å²) in [6.07, 6.45) is 2.31. The summed E-state index contributed by atoms with van der Waals surface area (Å²) in [5, 5.41) is 3.41. The molecule has 0 fully saturated rings. The SMILES string of the molecule is CS(=O)(=O)ON=Cc1ccc(Sc2ccccc2)cc1. The Hall–Kier alpha value is -1.79. The Kier molecular flexibility index (Phi) is 4.81. The number of hydrogen-bond donors (Lipinski definition) is 0. The molecule has 0 aliphatic rings. The normalized spacial score (nSPS) is 11.7. The third-order valence-corrected chi connectivity index (χ3v) is 3.61. The minimum absolute atomic E-state index is 0.770. The van der Waals surface area contributed by atoms with E-state index in [4.69, 9.17) is 0 Å². The third-order valence-electron chi connectivity index (χ3n) is 2.24. The standard InChI is InChI=1S/C14H13NO3S2/c1-20(16,17)18-15-11-12-7-9-14(10-8-12)19-13-5-3-2-4-6-13/h2-11H,1H3. The molecule has 0 unspecified atom stereocenters. The summed E-state index contributed by atoms with van der Waals surface area (Å²) in [6, 6.07) is 17.6. The van der Waals surface area contributed by atoms with E-state index in [9.17, 15) is 8.42 Å². The van der Waals surface area contributed by atoms with Crippen molar-refractivity contribution in [2.45, 2.75) is 9.79 Å². The second-order valence-corrected chi connectivity index (χ2v) is 6.70. The lowest BCUT2D eigenvalue weighted by Gasteiger charge is -2.01. The van der Waals surface area contributed by atoms with E-state index in [0.717, 1.165) is 21.6 Å². The van der Waals surface area contributed by atoms with Gasteiger partial charge in [-0.1, -0.05) is 47.2 Å². The highest BCUT2D eigenvalue weighted by Gasteiger charge is 1.99. The summed E-state index contributed by atoms with van der Waals surface area (Å²) < 4.78 is 25.8. The topological polar surface area (TPSA) is 55.7 Å². The molecule has 0 N–H and O–H groups in total. The van der Waals surface area contributed by atoms with Gasteiger partial charge in [0, 0.05) is 9.79 Å². The molecule has 4 nitrogen and oxygen atoms in total. The summed E-state index contributed by atoms with van der Waals surface area (Å²) in [5.74, 6) is 0. The van der Waals surface area contributed by atoms with Crippen molar-refractivity contribution < 1.29 is 12.7 Å². The van der Waals surface area contributed by atoms with Crippen LogP contribution in [0.5, 0.6) is 0 Å². The van der Waals surface area contributed by atoms with E-state index in [1.165, 1.54) is 6.21 Å². The van der Waals surface area contributed by atoms with Gasteiger partial charge in [0.1, 0.15) is 0 Å². The second kappa shape index (κ2) is 6.58. The Bertz CT molecular complexity index is 680. The Balaban J connectivity index is 2.00. The zero-order chi connectivity index (χ0) is 14.4. The summed E-state index contributed by atoms with van der Waals surface area (Å²) in [7, 11) is -3.55. The molecule has 0 atom stereocenters. The van der Waals surface area contributed by atoms with Crippen LogP contribution < -0.4 is 0 Å². The van der Waals surface area contributed by atoms with Crippen LogP contribution in [0.4, 0.5) is 0 Å². The maximum Gasteiger partial charge on any atom is 0.325 e. The largest absolute Gasteiger partial charge is 0.325 e. The smallest absolute Gasteiger partial charge is 0.269 e. The average Bonchev–Trinajstić information content (AvgIpc) is 2.41. The molecule has 6 heteroatoms. The van der Waals surface area contributed by atoms with Crippen LogP contribution in [0.25, 0.3) is 0 Å². The van der Waals surface area contributed by atoms with Crippen LogP contribution in [0.3, 0.4) is 0 Å². The lowest BCUT2D eigenvalue weighted by molar-refractivity contribution is 0.345. The van der Waals surface area contributed by atoms with Gasteiger partial charge in [-0.3, -0.25) is 4.28 Å². The molecule has 0 spiro atoms. The van der Waals surface area contributed by atoms with Crippen molar-refractivity contribution in [1.29, 1.82) is 0 Å². The van der Waals surface area contributed by atoms with Gasteiger partial charge in [-0.2, -0.15) is 8.42 Å². The first-order valence-corrected chi connectivity index (χ1v) is 8.41. The first-order chi connectivity index (χ1) is 9.53. The molecule has 0 bridgehead atoms. The molecule has 0 aliphatic heterocycles. The minimum atomic E-state index is -3.55. The molecule has 2 aromatic carbocycles. The highest BCUT2D eigenvalue weighted by molar-refractivity contribution is 7.99. The fraction of sp³-hybridized carbons (Fsp3) is 0.0714. The predicted molar refractivity (Wildman–Crippen MR) is 80.5 cm³/mol. The average molecular weight is 307 g/mol. The van der Waals surface area contributed by atoms with Crippen molar-refractivity contribution >= 4 is 28.1 Å². The molecular formula is C14H13NO3S2. The van der Waals surface area contributed by atoms with Crippen LogP contribution in [0.1, 0.15) is 5.56 Å². The van der Waals surface area contributed by atoms with Gasteiger partial charge in [0.2, 0.25) is 0 Å². The van der Waals surface area contributed by atoms with E-state index in [-0.39, 0.29) is 0 Å². The molecule has 2 aromatic rings. The van der Waals surface area contributed by atoms with Crippen molar-refractivity contribution in [3.05, 3.63) is 60.2 Å². The zero-order valence-corrected chi connectivity index (χ0v) is 12.4. The van der Waals surface area contributed by atoms with E-state index in [2.05, 4.69) is 9.44 Å². The second-order valence-electron chi connectivity index (χ2n) is 4.00. The lowest BCUT2D eigenvalue weighted by Crippen LogP contribution is -1.97. The fourth-order valence-electron chi connectivity index (χ4n) is 1.41. The molecule has 0 amide bonds. The van der Waals surface area contributed by atoms with E-state index in [0.29, 0.717) is 0 Å². The van der Waals surface area contributed by atoms with Crippen molar-refractivity contribution in [3.63, 3.8) is 0 Å². The molecular weight excluding hydrogens is 294 g/mol. The van der Waals surface area contributed by atoms with E-state index >= 15 is 0 Å². The van der Waals surface area contributed by atoms with Gasteiger partial charge in [0.15, 0.2) is 0 Å². The Morgan fingerprint density at radius 3 is 2.20 bits per heavy atom. The van der Waals surface area contributed by atoms with E-state index < -0.39 is 10.1 Å². The molecule has 2 rings (SSSR count). The number of oxime groups is 1. The maximum absolute atomic E-state index is 10.7. The molecule has 0 saturated heterocycles. The summed E-state index contributed by atoms with van der Waals surface area (Å²) >= 11 is 1.65. The number of nitrogens with zero attached hydrogens (tertiary/aromatic N) is 1. The van der Waals surface area contributed by atoms with Gasteiger partial charge in [-0.25, -0.2) is 0 Å². The van der Waals surface area contributed by atoms with Crippen LogP contribution in [-0.4, -0.2) is 20.9 Å². The summed E-state index contributed by atoms with van der Waals surface area (Å²) in [5.41, 5.74) is 0.770. The number of rotatable bonds is 5. The van der Waals surface area contributed by atoms with E-state index in [1.54, 1.807) is 11.8 Å². The molecule has 20 heavy (non-hydrogen) atoms. The van der Waals surface area contributed by atoms with Crippen molar-refractivity contribution in [3.8, 4) is 0 Å². The van der Waals surface area contributed by atoms with Gasteiger partial charge in [0.05, 0.1) is 12.5 Å². The van der Waals surface area contributed by atoms with Crippen LogP contribution in [0, 0.1) is 0 Å². The Morgan fingerprint density at radius 1 is 1.00 bits per heavy atom. The van der Waals surface area contributed by atoms with Crippen LogP contribution in [0.2, 0.25) is 0 Å². The molecule has 0 heterocycles. The van der Waals surface area contributed by atoms with Gasteiger partial charge >= 0.3 is 10.1 Å². The number of benzene rings is 2. The van der Waals surface area contributed by atoms with Gasteiger partial charge in [-0.05, 0) is 29.8 Å². The number of hydrogen-bond acceptors (Lipinski definition) is 5. The Morgan fingerprint density at radius 2 is 1.60 bits per heavy atom. The van der Waals surface area contributed by atoms with Gasteiger partial charge < -0.3 is 0 Å². The van der Waals surface area contributed by atoms with Crippen LogP contribution in [0.15, 0.2) is 69.5 Å². The van der Waals surface area contributed by atoms with Crippen molar-refractivity contribution in [2.75, 3.05) is 6.26 Å². The van der Waals surface area contributed by atoms with Crippen molar-refractivity contribution in [1.82, 2.24) is 0 Å². The fourth-order valence-corrected chi connectivity index (χ4v) is 2.44. The molecule has 0 aromatic heterocycles. The molecule has 0 aliphatic carbocycles. The minimum Gasteiger partial charge on any atom is -0.269 e. The lowest BCUT2D eigenvalue weighted by atomic mass is 10.2. The molecule has 0 radical (unpaired) electrons. The summed E-state index contributed by atoms with van der Waals surface area (Å²) in [6.45, 7) is 0. The first-order valence-electron chi connectivity index (χ1n) is 5.78. The van der Waals surface area contributed by atoms with Gasteiger partial charge in [-0.15, -0.1) is 0 Å². The monoisotopic (exact) mass is 307 g/mol. The van der Waals surface area contributed by atoms with E-state index in [1.807, 2.05) is 54.6 Å². The van der Waals surface area contributed by atoms with Crippen molar-refractivity contribution in [2.24, 2.45) is 5.16 Å². The summed E-state index contributed by atoms with van der Waals surface area (Å²) in [4.78, 5) is 2.26. The molecule has 104 valence electrons. The third kappa shape index (κ3) is 5.07. The zero-order valence-electron chi connectivity index (χ0n) is 10.8. The van der Waals surface area contributed by atoms with Crippen LogP contribution >= 0.6 is 11.8 Å².